The molecule has 4 heteroatoms. The van der Waals surface area contributed by atoms with Gasteiger partial charge in [0.1, 0.15) is 0 Å². The van der Waals surface area contributed by atoms with Crippen LogP contribution >= 0.6 is 34.8 Å². The van der Waals surface area contributed by atoms with Gasteiger partial charge in [-0.1, -0.05) is 29.3 Å². The summed E-state index contributed by atoms with van der Waals surface area (Å²) in [7, 11) is 0. The third kappa shape index (κ3) is 2.27. The lowest BCUT2D eigenvalue weighted by atomic mass is 10.1. The van der Waals surface area contributed by atoms with E-state index in [9.17, 15) is 5.11 Å². The second-order valence-corrected chi connectivity index (χ2v) is 3.49. The minimum atomic E-state index is -0.726. The van der Waals surface area contributed by atoms with Crippen molar-refractivity contribution in [3.05, 3.63) is 33.8 Å². The van der Waals surface area contributed by atoms with Gasteiger partial charge < -0.3 is 5.11 Å². The molecule has 0 unspecified atom stereocenters. The number of alkyl halides is 1. The van der Waals surface area contributed by atoms with Gasteiger partial charge in [0, 0.05) is 15.6 Å². The Morgan fingerprint density at radius 1 is 1.33 bits per heavy atom. The van der Waals surface area contributed by atoms with Crippen LogP contribution in [0.25, 0.3) is 0 Å². The number of rotatable bonds is 2. The third-order valence-electron chi connectivity index (χ3n) is 1.47. The third-order valence-corrected chi connectivity index (χ3v) is 2.32. The van der Waals surface area contributed by atoms with Gasteiger partial charge in [0.25, 0.3) is 0 Å². The summed E-state index contributed by atoms with van der Waals surface area (Å²) in [5, 5.41) is 10.3. The van der Waals surface area contributed by atoms with Gasteiger partial charge in [-0.05, 0) is 12.1 Å². The zero-order valence-corrected chi connectivity index (χ0v) is 8.37. The highest BCUT2D eigenvalue weighted by Gasteiger charge is 2.09. The van der Waals surface area contributed by atoms with Gasteiger partial charge in [-0.15, -0.1) is 11.6 Å². The maximum absolute atomic E-state index is 9.34. The number of hydrogen-bond acceptors (Lipinski definition) is 1. The van der Waals surface area contributed by atoms with Crippen molar-refractivity contribution in [2.75, 3.05) is 5.88 Å². The number of hydrogen-bond donors (Lipinski definition) is 1. The van der Waals surface area contributed by atoms with Crippen LogP contribution in [0.3, 0.4) is 0 Å². The van der Waals surface area contributed by atoms with Crippen LogP contribution in [0.1, 0.15) is 11.7 Å². The molecule has 1 aromatic rings. The first kappa shape index (κ1) is 10.1. The number of aliphatic hydroxyl groups is 1. The van der Waals surface area contributed by atoms with Crippen molar-refractivity contribution in [3.63, 3.8) is 0 Å². The molecule has 0 aromatic heterocycles. The highest BCUT2D eigenvalue weighted by Crippen LogP contribution is 2.26. The lowest BCUT2D eigenvalue weighted by molar-refractivity contribution is 0.203. The minimum absolute atomic E-state index is 0.126. The molecule has 0 amide bonds. The summed E-state index contributed by atoms with van der Waals surface area (Å²) in [6, 6.07) is 4.91. The van der Waals surface area contributed by atoms with Crippen molar-refractivity contribution in [1.29, 1.82) is 0 Å². The molecule has 0 bridgehead atoms. The Balaban J connectivity index is 3.01. The Labute approximate surface area is 85.9 Å². The maximum atomic E-state index is 9.34. The second kappa shape index (κ2) is 4.33. The fourth-order valence-corrected chi connectivity index (χ4v) is 1.56. The average molecular weight is 226 g/mol. The molecule has 0 aliphatic carbocycles. The van der Waals surface area contributed by atoms with Crippen molar-refractivity contribution >= 4 is 34.8 Å². The summed E-state index contributed by atoms with van der Waals surface area (Å²) in [5.74, 6) is 0.126. The number of benzene rings is 1. The molecule has 0 fully saturated rings. The normalized spacial score (nSPS) is 13.0. The van der Waals surface area contributed by atoms with E-state index in [2.05, 4.69) is 0 Å². The average Bonchev–Trinajstić information content (AvgIpc) is 2.03. The Morgan fingerprint density at radius 2 is 2.00 bits per heavy atom. The maximum Gasteiger partial charge on any atom is 0.0939 e. The molecule has 12 heavy (non-hydrogen) atoms. The first-order valence-corrected chi connectivity index (χ1v) is 4.63. The number of halogens is 3. The highest BCUT2D eigenvalue weighted by molar-refractivity contribution is 6.35. The molecular weight excluding hydrogens is 218 g/mol. The van der Waals surface area contributed by atoms with Gasteiger partial charge in [0.15, 0.2) is 0 Å². The lowest BCUT2D eigenvalue weighted by Crippen LogP contribution is -1.98. The van der Waals surface area contributed by atoms with Gasteiger partial charge in [0.05, 0.1) is 12.0 Å². The molecule has 0 saturated carbocycles. The predicted octanol–water partition coefficient (Wildman–Crippen LogP) is 3.27. The minimum Gasteiger partial charge on any atom is -0.387 e. The monoisotopic (exact) mass is 224 g/mol. The van der Waals surface area contributed by atoms with Crippen LogP contribution < -0.4 is 0 Å². The summed E-state index contributed by atoms with van der Waals surface area (Å²) in [4.78, 5) is 0. The van der Waals surface area contributed by atoms with E-state index in [1.54, 1.807) is 18.2 Å². The van der Waals surface area contributed by atoms with E-state index in [1.807, 2.05) is 0 Å². The topological polar surface area (TPSA) is 20.2 Å². The molecule has 1 rings (SSSR count). The first-order chi connectivity index (χ1) is 5.65. The molecule has 0 aliphatic rings. The largest absolute Gasteiger partial charge is 0.387 e. The van der Waals surface area contributed by atoms with Crippen LogP contribution in [0, 0.1) is 0 Å². The van der Waals surface area contributed by atoms with E-state index < -0.39 is 6.10 Å². The SMILES string of the molecule is O[C@H](CCl)c1ccc(Cl)cc1Cl. The van der Waals surface area contributed by atoms with E-state index in [4.69, 9.17) is 34.8 Å². The number of aliphatic hydroxyl groups excluding tert-OH is 1. The van der Waals surface area contributed by atoms with Crippen LogP contribution in [0.4, 0.5) is 0 Å². The van der Waals surface area contributed by atoms with Crippen LogP contribution in [-0.2, 0) is 0 Å². The van der Waals surface area contributed by atoms with E-state index in [1.165, 1.54) is 0 Å². The smallest absolute Gasteiger partial charge is 0.0939 e. The fourth-order valence-electron chi connectivity index (χ4n) is 0.855. The van der Waals surface area contributed by atoms with Crippen LogP contribution in [0.5, 0.6) is 0 Å². The quantitative estimate of drug-likeness (QED) is 0.766. The van der Waals surface area contributed by atoms with Crippen LogP contribution in [0.15, 0.2) is 18.2 Å². The van der Waals surface area contributed by atoms with Crippen molar-refractivity contribution in [1.82, 2.24) is 0 Å². The molecule has 1 nitrogen and oxygen atoms in total. The first-order valence-electron chi connectivity index (χ1n) is 3.34. The van der Waals surface area contributed by atoms with Gasteiger partial charge >= 0.3 is 0 Å². The van der Waals surface area contributed by atoms with Crippen molar-refractivity contribution in [2.45, 2.75) is 6.10 Å². The van der Waals surface area contributed by atoms with E-state index in [-0.39, 0.29) is 5.88 Å². The molecule has 0 spiro atoms. The molecule has 1 aromatic carbocycles. The molecular formula is C8H7Cl3O. The molecule has 1 atom stereocenters. The summed E-state index contributed by atoms with van der Waals surface area (Å²) >= 11 is 16.9. The summed E-state index contributed by atoms with van der Waals surface area (Å²) in [6.45, 7) is 0. The Hall–Kier alpha value is 0.0500. The Bertz CT molecular complexity index is 275. The van der Waals surface area contributed by atoms with E-state index in [0.717, 1.165) is 0 Å². The summed E-state index contributed by atoms with van der Waals surface area (Å²) in [5.41, 5.74) is 0.607. The van der Waals surface area contributed by atoms with Gasteiger partial charge in [0.2, 0.25) is 0 Å². The molecule has 0 aliphatic heterocycles. The van der Waals surface area contributed by atoms with Crippen LogP contribution in [-0.4, -0.2) is 11.0 Å². The molecule has 0 heterocycles. The highest BCUT2D eigenvalue weighted by atomic mass is 35.5. The molecule has 1 N–H and O–H groups in total. The van der Waals surface area contributed by atoms with Crippen molar-refractivity contribution in [3.8, 4) is 0 Å². The van der Waals surface area contributed by atoms with E-state index in [0.29, 0.717) is 15.6 Å². The zero-order chi connectivity index (χ0) is 9.14. The van der Waals surface area contributed by atoms with Gasteiger partial charge in [-0.25, -0.2) is 0 Å². The second-order valence-electron chi connectivity index (χ2n) is 2.34. The lowest BCUT2D eigenvalue weighted by Gasteiger charge is -2.08. The van der Waals surface area contributed by atoms with Gasteiger partial charge in [-0.3, -0.25) is 0 Å². The van der Waals surface area contributed by atoms with Gasteiger partial charge in [-0.2, -0.15) is 0 Å². The Morgan fingerprint density at radius 3 is 2.50 bits per heavy atom. The Kier molecular flexibility index (Phi) is 3.66. The van der Waals surface area contributed by atoms with Crippen LogP contribution in [0.2, 0.25) is 10.0 Å². The molecule has 0 radical (unpaired) electrons. The zero-order valence-electron chi connectivity index (χ0n) is 6.10. The van der Waals surface area contributed by atoms with Crippen molar-refractivity contribution in [2.24, 2.45) is 0 Å². The molecule has 66 valence electrons. The summed E-state index contributed by atoms with van der Waals surface area (Å²) < 4.78 is 0. The van der Waals surface area contributed by atoms with Crippen molar-refractivity contribution < 1.29 is 5.11 Å². The predicted molar refractivity (Wildman–Crippen MR) is 52.1 cm³/mol. The molecule has 0 saturated heterocycles. The standard InChI is InChI=1S/C8H7Cl3O/c9-4-8(12)6-2-1-5(10)3-7(6)11/h1-3,8,12H,4H2/t8-/m1/s1. The fraction of sp³-hybridized carbons (Fsp3) is 0.250. The van der Waals surface area contributed by atoms with E-state index >= 15 is 0 Å². The summed E-state index contributed by atoms with van der Waals surface area (Å²) in [6.07, 6.45) is -0.726.